The van der Waals surface area contributed by atoms with Gasteiger partial charge in [-0.2, -0.15) is 4.31 Å². The van der Waals surface area contributed by atoms with Crippen molar-refractivity contribution in [1.82, 2.24) is 14.5 Å². The Hall–Kier alpha value is -0.410. The van der Waals surface area contributed by atoms with E-state index in [-0.39, 0.29) is 42.7 Å². The molecule has 1 atom stereocenters. The predicted molar refractivity (Wildman–Crippen MR) is 93.4 cm³/mol. The highest BCUT2D eigenvalue weighted by molar-refractivity contribution is 7.89. The molecule has 1 fully saturated rings. The van der Waals surface area contributed by atoms with Crippen LogP contribution in [0.4, 0.5) is 0 Å². The lowest BCUT2D eigenvalue weighted by Gasteiger charge is -2.35. The number of amides is 1. The van der Waals surface area contributed by atoms with E-state index in [1.54, 1.807) is 4.90 Å². The number of ether oxygens (including phenoxy) is 1. The topological polar surface area (TPSA) is 79.0 Å². The molecular formula is C14H30ClN3O4S. The average Bonchev–Trinajstić information content (AvgIpc) is 2.46. The third-order valence-electron chi connectivity index (χ3n) is 3.67. The molecule has 1 unspecified atom stereocenters. The van der Waals surface area contributed by atoms with E-state index in [0.717, 1.165) is 0 Å². The van der Waals surface area contributed by atoms with Gasteiger partial charge in [0.1, 0.15) is 0 Å². The number of rotatable bonds is 8. The van der Waals surface area contributed by atoms with Gasteiger partial charge in [0.25, 0.3) is 0 Å². The Balaban J connectivity index is 0.00000484. The molecule has 138 valence electrons. The molecule has 0 aliphatic carbocycles. The SMILES string of the molecule is CNCC(C)C(=O)N1CCN(S(=O)(=O)CCOC(C)C)CC1.Cl. The molecule has 1 heterocycles. The molecule has 0 bridgehead atoms. The highest BCUT2D eigenvalue weighted by atomic mass is 35.5. The quantitative estimate of drug-likeness (QED) is 0.657. The molecule has 1 aliphatic rings. The fraction of sp³-hybridized carbons (Fsp3) is 0.929. The third kappa shape index (κ3) is 7.34. The highest BCUT2D eigenvalue weighted by Gasteiger charge is 2.30. The van der Waals surface area contributed by atoms with Crippen molar-refractivity contribution in [3.63, 3.8) is 0 Å². The molecule has 0 spiro atoms. The average molecular weight is 372 g/mol. The van der Waals surface area contributed by atoms with Gasteiger partial charge in [-0.3, -0.25) is 4.79 Å². The van der Waals surface area contributed by atoms with E-state index < -0.39 is 10.0 Å². The molecule has 0 aromatic carbocycles. The summed E-state index contributed by atoms with van der Waals surface area (Å²) in [4.78, 5) is 13.9. The number of piperazine rings is 1. The standard InChI is InChI=1S/C14H29N3O4S.ClH/c1-12(2)21-9-10-22(19,20)17-7-5-16(6-8-17)14(18)13(3)11-15-4;/h12-13,15H,5-11H2,1-4H3;1H. The van der Waals surface area contributed by atoms with Crippen LogP contribution in [0.1, 0.15) is 20.8 Å². The molecule has 9 heteroatoms. The van der Waals surface area contributed by atoms with E-state index in [1.165, 1.54) is 4.31 Å². The zero-order valence-electron chi connectivity index (χ0n) is 14.4. The van der Waals surface area contributed by atoms with Gasteiger partial charge in [-0.25, -0.2) is 8.42 Å². The van der Waals surface area contributed by atoms with Crippen molar-refractivity contribution < 1.29 is 17.9 Å². The number of hydrogen-bond acceptors (Lipinski definition) is 5. The van der Waals surface area contributed by atoms with Crippen molar-refractivity contribution in [2.75, 3.05) is 52.1 Å². The van der Waals surface area contributed by atoms with E-state index in [2.05, 4.69) is 5.32 Å². The molecule has 1 amide bonds. The second-order valence-corrected chi connectivity index (χ2v) is 8.01. The van der Waals surface area contributed by atoms with E-state index in [9.17, 15) is 13.2 Å². The lowest BCUT2D eigenvalue weighted by Crippen LogP contribution is -2.53. The Labute approximate surface area is 146 Å². The van der Waals surface area contributed by atoms with E-state index in [4.69, 9.17) is 4.74 Å². The third-order valence-corrected chi connectivity index (χ3v) is 5.50. The second-order valence-electron chi connectivity index (χ2n) is 5.92. The van der Waals surface area contributed by atoms with Crippen LogP contribution in [0.2, 0.25) is 0 Å². The van der Waals surface area contributed by atoms with Gasteiger partial charge in [-0.1, -0.05) is 6.92 Å². The Kier molecular flexibility index (Phi) is 10.3. The Morgan fingerprint density at radius 2 is 1.74 bits per heavy atom. The van der Waals surface area contributed by atoms with Gasteiger partial charge in [0.15, 0.2) is 0 Å². The van der Waals surface area contributed by atoms with Crippen LogP contribution in [-0.2, 0) is 19.6 Å². The number of hydrogen-bond donors (Lipinski definition) is 1. The van der Waals surface area contributed by atoms with Crippen LogP contribution in [0, 0.1) is 5.92 Å². The summed E-state index contributed by atoms with van der Waals surface area (Å²) in [5, 5.41) is 2.99. The van der Waals surface area contributed by atoms with Crippen LogP contribution in [-0.4, -0.2) is 81.8 Å². The summed E-state index contributed by atoms with van der Waals surface area (Å²) in [5.41, 5.74) is 0. The molecule has 0 aromatic rings. The maximum Gasteiger partial charge on any atom is 0.226 e. The van der Waals surface area contributed by atoms with Crippen molar-refractivity contribution in [3.8, 4) is 0 Å². The summed E-state index contributed by atoms with van der Waals surface area (Å²) >= 11 is 0. The fourth-order valence-electron chi connectivity index (χ4n) is 2.41. The van der Waals surface area contributed by atoms with Gasteiger partial charge in [-0.15, -0.1) is 12.4 Å². The first-order chi connectivity index (χ1) is 10.3. The number of nitrogens with one attached hydrogen (secondary N) is 1. The summed E-state index contributed by atoms with van der Waals surface area (Å²) in [6, 6.07) is 0. The van der Waals surface area contributed by atoms with Crippen LogP contribution in [0.25, 0.3) is 0 Å². The van der Waals surface area contributed by atoms with Crippen LogP contribution in [0.3, 0.4) is 0 Å². The first-order valence-corrected chi connectivity index (χ1v) is 9.41. The molecule has 7 nitrogen and oxygen atoms in total. The first-order valence-electron chi connectivity index (χ1n) is 7.80. The van der Waals surface area contributed by atoms with E-state index >= 15 is 0 Å². The van der Waals surface area contributed by atoms with E-state index in [0.29, 0.717) is 32.7 Å². The summed E-state index contributed by atoms with van der Waals surface area (Å²) in [6.07, 6.45) is 0.0262. The van der Waals surface area contributed by atoms with Gasteiger partial charge < -0.3 is 15.0 Å². The fourth-order valence-corrected chi connectivity index (χ4v) is 3.69. The number of carbonyl (C=O) groups excluding carboxylic acids is 1. The largest absolute Gasteiger partial charge is 0.378 e. The molecule has 23 heavy (non-hydrogen) atoms. The first kappa shape index (κ1) is 22.6. The van der Waals surface area contributed by atoms with E-state index in [1.807, 2.05) is 27.8 Å². The van der Waals surface area contributed by atoms with Crippen molar-refractivity contribution >= 4 is 28.3 Å². The molecule has 0 radical (unpaired) electrons. The van der Waals surface area contributed by atoms with Crippen molar-refractivity contribution in [2.24, 2.45) is 5.92 Å². The molecule has 1 rings (SSSR count). The van der Waals surface area contributed by atoms with Gasteiger partial charge >= 0.3 is 0 Å². The zero-order chi connectivity index (χ0) is 16.8. The van der Waals surface area contributed by atoms with Gasteiger partial charge in [0.2, 0.25) is 15.9 Å². The summed E-state index contributed by atoms with van der Waals surface area (Å²) in [6.45, 7) is 8.11. The number of carbonyl (C=O) groups is 1. The molecule has 0 aromatic heterocycles. The zero-order valence-corrected chi connectivity index (χ0v) is 16.1. The summed E-state index contributed by atoms with van der Waals surface area (Å²) < 4.78 is 31.2. The minimum atomic E-state index is -3.30. The monoisotopic (exact) mass is 371 g/mol. The van der Waals surface area contributed by atoms with Crippen LogP contribution in [0.15, 0.2) is 0 Å². The van der Waals surface area contributed by atoms with Gasteiger partial charge in [0, 0.05) is 38.6 Å². The number of halogens is 1. The summed E-state index contributed by atoms with van der Waals surface area (Å²) in [7, 11) is -1.49. The summed E-state index contributed by atoms with van der Waals surface area (Å²) in [5.74, 6) is -0.0166. The predicted octanol–water partition coefficient (Wildman–Crippen LogP) is 0.163. The van der Waals surface area contributed by atoms with Crippen molar-refractivity contribution in [2.45, 2.75) is 26.9 Å². The molecule has 1 saturated heterocycles. The lowest BCUT2D eigenvalue weighted by atomic mass is 10.1. The molecule has 0 saturated carbocycles. The normalized spacial score (nSPS) is 17.9. The number of sulfonamides is 1. The van der Waals surface area contributed by atoms with Crippen molar-refractivity contribution in [3.05, 3.63) is 0 Å². The molecular weight excluding hydrogens is 342 g/mol. The smallest absolute Gasteiger partial charge is 0.226 e. The van der Waals surface area contributed by atoms with Gasteiger partial charge in [0.05, 0.1) is 18.5 Å². The minimum Gasteiger partial charge on any atom is -0.378 e. The molecule has 1 N–H and O–H groups in total. The maximum absolute atomic E-state index is 12.2. The Bertz CT molecular complexity index is 451. The second kappa shape index (κ2) is 10.5. The number of nitrogens with zero attached hydrogens (tertiary/aromatic N) is 2. The van der Waals surface area contributed by atoms with Crippen molar-refractivity contribution in [1.29, 1.82) is 0 Å². The maximum atomic E-state index is 12.2. The lowest BCUT2D eigenvalue weighted by molar-refractivity contribution is -0.136. The highest BCUT2D eigenvalue weighted by Crippen LogP contribution is 2.11. The van der Waals surface area contributed by atoms with Crippen LogP contribution < -0.4 is 5.32 Å². The minimum absolute atomic E-state index is 0. The van der Waals surface area contributed by atoms with Crippen LogP contribution in [0.5, 0.6) is 0 Å². The molecule has 1 aliphatic heterocycles. The Morgan fingerprint density at radius 3 is 2.22 bits per heavy atom. The van der Waals surface area contributed by atoms with Crippen LogP contribution >= 0.6 is 12.4 Å². The Morgan fingerprint density at radius 1 is 1.17 bits per heavy atom. The van der Waals surface area contributed by atoms with Gasteiger partial charge in [-0.05, 0) is 20.9 Å².